The quantitative estimate of drug-likeness (QED) is 0.573. The van der Waals surface area contributed by atoms with Crippen LogP contribution in [0.3, 0.4) is 0 Å². The van der Waals surface area contributed by atoms with Crippen LogP contribution in [0.1, 0.15) is 67.8 Å². The van der Waals surface area contributed by atoms with Crippen molar-refractivity contribution in [3.8, 4) is 5.75 Å². The van der Waals surface area contributed by atoms with Crippen LogP contribution in [-0.4, -0.2) is 18.8 Å². The van der Waals surface area contributed by atoms with E-state index in [1.54, 1.807) is 6.07 Å². The minimum atomic E-state index is -4.68. The molecule has 1 aliphatic carbocycles. The molecular formula is C25H29F3N2O2. The highest BCUT2D eigenvalue weighted by Crippen LogP contribution is 2.53. The van der Waals surface area contributed by atoms with E-state index < -0.39 is 6.36 Å². The van der Waals surface area contributed by atoms with Gasteiger partial charge in [-0.05, 0) is 72.2 Å². The van der Waals surface area contributed by atoms with Gasteiger partial charge in [0.1, 0.15) is 5.75 Å². The first-order valence-electron chi connectivity index (χ1n) is 10.9. The molecule has 4 rings (SSSR count). The zero-order valence-corrected chi connectivity index (χ0v) is 19.1. The van der Waals surface area contributed by atoms with Gasteiger partial charge in [-0.1, -0.05) is 26.8 Å². The minimum absolute atomic E-state index is 0.00230. The number of aryl methyl sites for hydroxylation is 2. The lowest BCUT2D eigenvalue weighted by molar-refractivity contribution is -0.274. The molecule has 0 aromatic heterocycles. The summed E-state index contributed by atoms with van der Waals surface area (Å²) in [5.41, 5.74) is 5.85. The van der Waals surface area contributed by atoms with E-state index in [0.29, 0.717) is 6.42 Å². The van der Waals surface area contributed by atoms with Gasteiger partial charge in [-0.15, -0.1) is 13.2 Å². The molecule has 4 nitrogen and oxygen atoms in total. The largest absolute Gasteiger partial charge is 0.573 e. The molecule has 2 aromatic carbocycles. The van der Waals surface area contributed by atoms with Gasteiger partial charge >= 0.3 is 6.36 Å². The molecule has 1 aliphatic heterocycles. The van der Waals surface area contributed by atoms with Gasteiger partial charge in [0.15, 0.2) is 0 Å². The monoisotopic (exact) mass is 446 g/mol. The normalized spacial score (nSPS) is 19.8. The maximum absolute atomic E-state index is 12.6. The van der Waals surface area contributed by atoms with Crippen molar-refractivity contribution in [3.63, 3.8) is 0 Å². The Morgan fingerprint density at radius 2 is 1.75 bits per heavy atom. The lowest BCUT2D eigenvalue weighted by atomic mass is 9.92. The van der Waals surface area contributed by atoms with Gasteiger partial charge in [0, 0.05) is 30.3 Å². The lowest BCUT2D eigenvalue weighted by Gasteiger charge is -2.32. The van der Waals surface area contributed by atoms with E-state index in [1.807, 2.05) is 34.6 Å². The van der Waals surface area contributed by atoms with Crippen LogP contribution < -0.4 is 15.0 Å². The molecule has 0 saturated carbocycles. The van der Waals surface area contributed by atoms with E-state index in [2.05, 4.69) is 27.1 Å². The van der Waals surface area contributed by atoms with Crippen molar-refractivity contribution in [3.05, 3.63) is 52.6 Å². The zero-order chi connectivity index (χ0) is 23.4. The Balaban J connectivity index is 1.55. The van der Waals surface area contributed by atoms with E-state index in [1.165, 1.54) is 12.1 Å². The maximum Gasteiger partial charge on any atom is 0.573 e. The number of halogens is 3. The number of fused-ring (bicyclic) bond motifs is 5. The first kappa shape index (κ1) is 22.5. The number of rotatable bonds is 4. The van der Waals surface area contributed by atoms with Crippen LogP contribution in [0.25, 0.3) is 0 Å². The molecule has 0 spiro atoms. The maximum atomic E-state index is 12.6. The van der Waals surface area contributed by atoms with Gasteiger partial charge in [0.2, 0.25) is 5.91 Å². The molecule has 0 radical (unpaired) electrons. The molecule has 1 amide bonds. The Labute approximate surface area is 186 Å². The Morgan fingerprint density at radius 3 is 2.34 bits per heavy atom. The number of ether oxygens (including phenoxy) is 1. The molecular weight excluding hydrogens is 417 g/mol. The number of carbonyl (C=O) groups excluding carboxylic acids is 1. The third kappa shape index (κ3) is 4.57. The molecule has 32 heavy (non-hydrogen) atoms. The van der Waals surface area contributed by atoms with Gasteiger partial charge in [-0.2, -0.15) is 0 Å². The summed E-state index contributed by atoms with van der Waals surface area (Å²) in [6.07, 6.45) is -3.36. The fourth-order valence-electron chi connectivity index (χ4n) is 5.02. The topological polar surface area (TPSA) is 41.6 Å². The van der Waals surface area contributed by atoms with E-state index in [-0.39, 0.29) is 29.0 Å². The molecule has 7 heteroatoms. The summed E-state index contributed by atoms with van der Waals surface area (Å²) in [5.74, 6) is 0.0263. The number of nitrogens with zero attached hydrogens (tertiary/aromatic N) is 1. The average molecular weight is 447 g/mol. The van der Waals surface area contributed by atoms with Crippen LogP contribution in [-0.2, 0) is 4.79 Å². The van der Waals surface area contributed by atoms with Crippen molar-refractivity contribution in [2.45, 2.75) is 65.8 Å². The minimum Gasteiger partial charge on any atom is -0.406 e. The number of alkyl halides is 3. The molecule has 1 saturated heterocycles. The molecule has 1 heterocycles. The van der Waals surface area contributed by atoms with Crippen LogP contribution in [0.2, 0.25) is 0 Å². The summed E-state index contributed by atoms with van der Waals surface area (Å²) >= 11 is 0. The Kier molecular flexibility index (Phi) is 5.42. The Morgan fingerprint density at radius 1 is 1.09 bits per heavy atom. The van der Waals surface area contributed by atoms with Gasteiger partial charge < -0.3 is 15.0 Å². The van der Waals surface area contributed by atoms with Gasteiger partial charge in [-0.3, -0.25) is 4.79 Å². The molecule has 2 bridgehead atoms. The summed E-state index contributed by atoms with van der Waals surface area (Å²) < 4.78 is 41.8. The van der Waals surface area contributed by atoms with Crippen LogP contribution >= 0.6 is 0 Å². The predicted molar refractivity (Wildman–Crippen MR) is 119 cm³/mol. The number of benzene rings is 2. The molecule has 1 N–H and O–H groups in total. The number of amides is 1. The Hall–Kier alpha value is -2.70. The number of anilines is 2. The third-order valence-corrected chi connectivity index (χ3v) is 6.20. The zero-order valence-electron chi connectivity index (χ0n) is 19.1. The van der Waals surface area contributed by atoms with Crippen LogP contribution in [0.15, 0.2) is 30.3 Å². The highest BCUT2D eigenvalue weighted by Gasteiger charge is 2.43. The second kappa shape index (κ2) is 7.71. The van der Waals surface area contributed by atoms with Crippen molar-refractivity contribution in [1.29, 1.82) is 0 Å². The smallest absolute Gasteiger partial charge is 0.406 e. The Bertz CT molecular complexity index is 1030. The summed E-state index contributed by atoms with van der Waals surface area (Å²) in [4.78, 5) is 14.7. The predicted octanol–water partition coefficient (Wildman–Crippen LogP) is 6.63. The van der Waals surface area contributed by atoms with Crippen LogP contribution in [0.4, 0.5) is 24.5 Å². The van der Waals surface area contributed by atoms with Gasteiger partial charge in [0.05, 0.1) is 6.04 Å². The van der Waals surface area contributed by atoms with Crippen LogP contribution in [0.5, 0.6) is 5.75 Å². The molecule has 1 fully saturated rings. The lowest BCUT2D eigenvalue weighted by Crippen LogP contribution is -2.27. The summed E-state index contributed by atoms with van der Waals surface area (Å²) in [7, 11) is 0. The number of nitrogens with one attached hydrogen (secondary N) is 1. The second-order valence-corrected chi connectivity index (χ2v) is 10.2. The SMILES string of the molecule is Cc1cc(N2C[C@@H]3C[C@@H]2c2ccc(OC(F)(F)F)cc23)cc(C)c1NC(=O)CC(C)(C)C. The number of carbonyl (C=O) groups is 1. The van der Waals surface area contributed by atoms with Crippen molar-refractivity contribution in [2.75, 3.05) is 16.8 Å². The first-order valence-corrected chi connectivity index (χ1v) is 10.9. The van der Waals surface area contributed by atoms with E-state index >= 15 is 0 Å². The third-order valence-electron chi connectivity index (χ3n) is 6.20. The van der Waals surface area contributed by atoms with Crippen molar-refractivity contribution in [1.82, 2.24) is 0 Å². The summed E-state index contributed by atoms with van der Waals surface area (Å²) in [5, 5.41) is 3.06. The molecule has 2 atom stereocenters. The highest BCUT2D eigenvalue weighted by atomic mass is 19.4. The van der Waals surface area contributed by atoms with Crippen molar-refractivity contribution < 1.29 is 22.7 Å². The average Bonchev–Trinajstić information content (AvgIpc) is 3.21. The second-order valence-electron chi connectivity index (χ2n) is 10.2. The highest BCUT2D eigenvalue weighted by molar-refractivity contribution is 5.93. The van der Waals surface area contributed by atoms with Gasteiger partial charge in [-0.25, -0.2) is 0 Å². The molecule has 2 aliphatic rings. The van der Waals surface area contributed by atoms with Crippen LogP contribution in [0, 0.1) is 19.3 Å². The number of hydrogen-bond acceptors (Lipinski definition) is 3. The summed E-state index contributed by atoms with van der Waals surface area (Å²) in [6.45, 7) is 10.8. The number of hydrogen-bond donors (Lipinski definition) is 1. The standard InChI is InChI=1S/C25H29F3N2O2/c1-14-8-17(9-15(2)23(14)29-22(31)12-24(3,4)5)30-13-16-10-21(30)19-7-6-18(11-20(16)19)32-25(26,27)28/h6-9,11,16,21H,10,12-13H2,1-5H3,(H,29,31)/t16-,21+/m0/s1. The van der Waals surface area contributed by atoms with Crippen molar-refractivity contribution in [2.24, 2.45) is 5.41 Å². The fraction of sp³-hybridized carbons (Fsp3) is 0.480. The molecule has 172 valence electrons. The van der Waals surface area contributed by atoms with Gasteiger partial charge in [0.25, 0.3) is 0 Å². The first-order chi connectivity index (χ1) is 14.8. The fourth-order valence-corrected chi connectivity index (χ4v) is 5.02. The van der Waals surface area contributed by atoms with E-state index in [0.717, 1.165) is 46.6 Å². The van der Waals surface area contributed by atoms with E-state index in [9.17, 15) is 18.0 Å². The van der Waals surface area contributed by atoms with E-state index in [4.69, 9.17) is 0 Å². The van der Waals surface area contributed by atoms with Crippen molar-refractivity contribution >= 4 is 17.3 Å². The molecule has 2 aromatic rings. The molecule has 0 unspecified atom stereocenters. The summed E-state index contributed by atoms with van der Waals surface area (Å²) in [6, 6.07) is 9.00.